The Morgan fingerprint density at radius 3 is 2.17 bits per heavy atom. The molecule has 0 aliphatic rings. The highest BCUT2D eigenvalue weighted by molar-refractivity contribution is 14.1. The zero-order chi connectivity index (χ0) is 8.65. The Bertz CT molecular complexity index is 263. The summed E-state index contributed by atoms with van der Waals surface area (Å²) in [5, 5.41) is 1.93. The molecule has 0 bridgehead atoms. The summed E-state index contributed by atoms with van der Waals surface area (Å²) in [6, 6.07) is 10.2. The lowest BCUT2D eigenvalue weighted by atomic mass is 10.4. The van der Waals surface area contributed by atoms with Crippen molar-refractivity contribution < 1.29 is 0 Å². The van der Waals surface area contributed by atoms with E-state index in [1.54, 1.807) is 23.0 Å². The summed E-state index contributed by atoms with van der Waals surface area (Å²) in [7, 11) is 0. The van der Waals surface area contributed by atoms with Gasteiger partial charge in [0.25, 0.3) is 0 Å². The first-order chi connectivity index (χ1) is 5.89. The first-order valence-electron chi connectivity index (χ1n) is 3.42. The molecule has 2 aromatic rings. The summed E-state index contributed by atoms with van der Waals surface area (Å²) in [6.45, 7) is 0. The van der Waals surface area contributed by atoms with Gasteiger partial charge in [-0.25, -0.2) is 0 Å². The van der Waals surface area contributed by atoms with Crippen LogP contribution in [0.15, 0.2) is 47.4 Å². The van der Waals surface area contributed by atoms with Crippen molar-refractivity contribution in [2.75, 3.05) is 0 Å². The van der Waals surface area contributed by atoms with E-state index in [0.717, 1.165) is 0 Å². The van der Waals surface area contributed by atoms with Gasteiger partial charge in [0.2, 0.25) is 0 Å². The smallest absolute Gasteiger partial charge is 0.0791 e. The summed E-state index contributed by atoms with van der Waals surface area (Å²) in [5.74, 6) is 0. The van der Waals surface area contributed by atoms with Crippen LogP contribution in [-0.2, 0) is 0 Å². The van der Waals surface area contributed by atoms with Crippen LogP contribution in [0.5, 0.6) is 0 Å². The molecule has 0 radical (unpaired) electrons. The van der Waals surface area contributed by atoms with E-state index in [0.29, 0.717) is 0 Å². The van der Waals surface area contributed by atoms with Gasteiger partial charge >= 0.3 is 0 Å². The Morgan fingerprint density at radius 2 is 1.92 bits per heavy atom. The molecule has 1 aromatic heterocycles. The average Bonchev–Trinajstić information content (AvgIpc) is 2.62. The van der Waals surface area contributed by atoms with Gasteiger partial charge < -0.3 is 0 Å². The summed E-state index contributed by atoms with van der Waals surface area (Å²) in [4.78, 5) is 3.74. The molecule has 0 aliphatic carbocycles. The molecule has 0 amide bonds. The van der Waals surface area contributed by atoms with Gasteiger partial charge in [0.05, 0.1) is 5.51 Å². The molecule has 62 valence electrons. The molecule has 2 rings (SSSR count). The second kappa shape index (κ2) is 6.14. The summed E-state index contributed by atoms with van der Waals surface area (Å²) >= 11 is 3.88. The fraction of sp³-hybridized carbons (Fsp3) is 0. The monoisotopic (exact) mass is 289 g/mol. The van der Waals surface area contributed by atoms with E-state index in [1.807, 2.05) is 23.6 Å². The van der Waals surface area contributed by atoms with Gasteiger partial charge in [0.1, 0.15) is 0 Å². The number of halogens is 1. The number of rotatable bonds is 0. The zero-order valence-electron chi connectivity index (χ0n) is 6.35. The van der Waals surface area contributed by atoms with Crippen LogP contribution < -0.4 is 0 Å². The Hall–Kier alpha value is -0.420. The van der Waals surface area contributed by atoms with Crippen LogP contribution in [0.1, 0.15) is 0 Å². The van der Waals surface area contributed by atoms with Crippen LogP contribution in [0.2, 0.25) is 0 Å². The topological polar surface area (TPSA) is 12.9 Å². The molecular formula is C9H8INS. The quantitative estimate of drug-likeness (QED) is 0.677. The Morgan fingerprint density at radius 1 is 1.17 bits per heavy atom. The third-order valence-corrected chi connectivity index (χ3v) is 2.32. The van der Waals surface area contributed by atoms with E-state index in [9.17, 15) is 0 Å². The minimum atomic E-state index is 1.29. The van der Waals surface area contributed by atoms with E-state index in [4.69, 9.17) is 0 Å². The van der Waals surface area contributed by atoms with E-state index in [-0.39, 0.29) is 0 Å². The lowest BCUT2D eigenvalue weighted by molar-refractivity contribution is 1.43. The molecule has 0 unspecified atom stereocenters. The van der Waals surface area contributed by atoms with E-state index < -0.39 is 0 Å². The van der Waals surface area contributed by atoms with Crippen molar-refractivity contribution in [1.82, 2.24) is 4.98 Å². The molecule has 12 heavy (non-hydrogen) atoms. The number of aromatic nitrogens is 1. The van der Waals surface area contributed by atoms with Crippen LogP contribution in [0, 0.1) is 3.57 Å². The normalized spacial score (nSPS) is 8.42. The standard InChI is InChI=1S/C6H5I.C3H3NS/c7-6-4-2-1-3-5-6;1-2-5-3-4-1/h1-5H;1-3H. The Balaban J connectivity index is 0.000000127. The van der Waals surface area contributed by atoms with Crippen LogP contribution in [0.4, 0.5) is 0 Å². The van der Waals surface area contributed by atoms with Gasteiger partial charge in [-0.15, -0.1) is 11.3 Å². The third-order valence-electron chi connectivity index (χ3n) is 1.08. The first-order valence-corrected chi connectivity index (χ1v) is 5.44. The molecule has 0 saturated carbocycles. The molecular weight excluding hydrogens is 281 g/mol. The van der Waals surface area contributed by atoms with Crippen molar-refractivity contribution in [3.05, 3.63) is 51.0 Å². The molecule has 1 heterocycles. The molecule has 1 aromatic carbocycles. The molecule has 0 saturated heterocycles. The third kappa shape index (κ3) is 4.46. The van der Waals surface area contributed by atoms with E-state index in [2.05, 4.69) is 39.7 Å². The van der Waals surface area contributed by atoms with E-state index >= 15 is 0 Å². The molecule has 3 heteroatoms. The van der Waals surface area contributed by atoms with Gasteiger partial charge in [-0.3, -0.25) is 4.98 Å². The minimum Gasteiger partial charge on any atom is -0.253 e. The SMILES string of the molecule is Ic1ccccc1.c1cscn1. The summed E-state index contributed by atoms with van der Waals surface area (Å²) in [6.07, 6.45) is 1.77. The molecule has 1 nitrogen and oxygen atoms in total. The average molecular weight is 289 g/mol. The zero-order valence-corrected chi connectivity index (χ0v) is 9.33. The van der Waals surface area contributed by atoms with Gasteiger partial charge in [-0.2, -0.15) is 0 Å². The van der Waals surface area contributed by atoms with Crippen LogP contribution in [0.25, 0.3) is 0 Å². The van der Waals surface area contributed by atoms with Gasteiger partial charge in [0.15, 0.2) is 0 Å². The van der Waals surface area contributed by atoms with Crippen molar-refractivity contribution in [2.45, 2.75) is 0 Å². The van der Waals surface area contributed by atoms with Crippen molar-refractivity contribution in [3.8, 4) is 0 Å². The second-order valence-corrected chi connectivity index (χ2v) is 3.97. The van der Waals surface area contributed by atoms with Crippen molar-refractivity contribution in [2.24, 2.45) is 0 Å². The number of hydrogen-bond donors (Lipinski definition) is 0. The lowest BCUT2D eigenvalue weighted by Gasteiger charge is -1.80. The van der Waals surface area contributed by atoms with Crippen molar-refractivity contribution in [1.29, 1.82) is 0 Å². The molecule has 0 fully saturated rings. The maximum absolute atomic E-state index is 3.74. The molecule has 0 spiro atoms. The molecule has 0 aliphatic heterocycles. The Labute approximate surface area is 89.6 Å². The molecule has 0 N–H and O–H groups in total. The number of benzene rings is 1. The van der Waals surface area contributed by atoms with Crippen LogP contribution in [-0.4, -0.2) is 4.98 Å². The minimum absolute atomic E-state index is 1.29. The maximum Gasteiger partial charge on any atom is 0.0791 e. The predicted molar refractivity (Wildman–Crippen MR) is 61.3 cm³/mol. The largest absolute Gasteiger partial charge is 0.253 e. The summed E-state index contributed by atoms with van der Waals surface area (Å²) in [5.41, 5.74) is 1.79. The predicted octanol–water partition coefficient (Wildman–Crippen LogP) is 3.43. The van der Waals surface area contributed by atoms with Crippen LogP contribution >= 0.6 is 33.9 Å². The first kappa shape index (κ1) is 9.67. The van der Waals surface area contributed by atoms with Gasteiger partial charge in [-0.1, -0.05) is 18.2 Å². The molecule has 0 atom stereocenters. The van der Waals surface area contributed by atoms with Crippen molar-refractivity contribution in [3.63, 3.8) is 0 Å². The van der Waals surface area contributed by atoms with Crippen molar-refractivity contribution >= 4 is 33.9 Å². The number of thiazole rings is 1. The Kier molecular flexibility index (Phi) is 4.94. The highest BCUT2D eigenvalue weighted by atomic mass is 127. The van der Waals surface area contributed by atoms with Gasteiger partial charge in [-0.05, 0) is 34.7 Å². The fourth-order valence-corrected chi connectivity index (χ4v) is 1.36. The van der Waals surface area contributed by atoms with E-state index in [1.165, 1.54) is 3.57 Å². The number of hydrogen-bond acceptors (Lipinski definition) is 2. The van der Waals surface area contributed by atoms with Crippen LogP contribution in [0.3, 0.4) is 0 Å². The second-order valence-electron chi connectivity index (χ2n) is 1.97. The number of nitrogens with zero attached hydrogens (tertiary/aromatic N) is 1. The van der Waals surface area contributed by atoms with Gasteiger partial charge in [0, 0.05) is 15.1 Å². The highest BCUT2D eigenvalue weighted by Crippen LogP contribution is 1.99. The fourth-order valence-electron chi connectivity index (χ4n) is 0.590. The highest BCUT2D eigenvalue weighted by Gasteiger charge is 1.74. The lowest BCUT2D eigenvalue weighted by Crippen LogP contribution is -1.61. The maximum atomic E-state index is 3.74. The summed E-state index contributed by atoms with van der Waals surface area (Å²) < 4.78 is 1.29.